The minimum Gasteiger partial charge on any atom is -0.396 e. The van der Waals surface area contributed by atoms with Crippen LogP contribution in [0.4, 0.5) is 0 Å². The van der Waals surface area contributed by atoms with Crippen molar-refractivity contribution in [2.75, 3.05) is 19.7 Å². The molecule has 0 unspecified atom stereocenters. The van der Waals surface area contributed by atoms with Crippen molar-refractivity contribution in [2.45, 2.75) is 19.9 Å². The monoisotopic (exact) mass is 319 g/mol. The molecule has 0 aliphatic heterocycles. The predicted octanol–water partition coefficient (Wildman–Crippen LogP) is 2.50. The van der Waals surface area contributed by atoms with Crippen LogP contribution in [-0.4, -0.2) is 29.7 Å². The molecule has 3 heteroatoms. The van der Waals surface area contributed by atoms with Gasteiger partial charge in [0.1, 0.15) is 0 Å². The zero-order valence-electron chi connectivity index (χ0n) is 9.12. The first-order valence-electron chi connectivity index (χ1n) is 5.34. The normalized spacial score (nSPS) is 10.9. The molecule has 0 fully saturated rings. The quantitative estimate of drug-likeness (QED) is 0.815. The van der Waals surface area contributed by atoms with E-state index in [9.17, 15) is 0 Å². The first kappa shape index (κ1) is 12.9. The Kier molecular flexibility index (Phi) is 6.20. The van der Waals surface area contributed by atoms with Crippen LogP contribution in [0.1, 0.15) is 18.9 Å². The lowest BCUT2D eigenvalue weighted by atomic mass is 10.2. The number of benzene rings is 1. The average molecular weight is 319 g/mol. The molecule has 0 aliphatic rings. The Morgan fingerprint density at radius 3 is 2.47 bits per heavy atom. The summed E-state index contributed by atoms with van der Waals surface area (Å²) in [6.45, 7) is 5.42. The van der Waals surface area contributed by atoms with Crippen LogP contribution >= 0.6 is 22.6 Å². The van der Waals surface area contributed by atoms with Gasteiger partial charge < -0.3 is 5.11 Å². The molecule has 15 heavy (non-hydrogen) atoms. The van der Waals surface area contributed by atoms with Gasteiger partial charge in [0, 0.05) is 23.3 Å². The number of nitrogens with zero attached hydrogens (tertiary/aromatic N) is 1. The van der Waals surface area contributed by atoms with Crippen LogP contribution in [0.2, 0.25) is 0 Å². The molecule has 0 atom stereocenters. The Bertz CT molecular complexity index is 273. The van der Waals surface area contributed by atoms with Crippen molar-refractivity contribution in [3.05, 3.63) is 33.4 Å². The lowest BCUT2D eigenvalue weighted by Crippen LogP contribution is -2.24. The SMILES string of the molecule is CCN(CCCO)Cc1ccc(I)cc1. The number of hydrogen-bond donors (Lipinski definition) is 1. The fourth-order valence-electron chi connectivity index (χ4n) is 1.49. The van der Waals surface area contributed by atoms with E-state index in [0.29, 0.717) is 0 Å². The van der Waals surface area contributed by atoms with E-state index in [-0.39, 0.29) is 6.61 Å². The van der Waals surface area contributed by atoms with Gasteiger partial charge in [-0.3, -0.25) is 4.90 Å². The lowest BCUT2D eigenvalue weighted by Gasteiger charge is -2.19. The molecule has 0 heterocycles. The van der Waals surface area contributed by atoms with Crippen molar-refractivity contribution in [1.82, 2.24) is 4.90 Å². The van der Waals surface area contributed by atoms with Gasteiger partial charge in [0.2, 0.25) is 0 Å². The van der Waals surface area contributed by atoms with E-state index in [2.05, 4.69) is 58.7 Å². The van der Waals surface area contributed by atoms with Gasteiger partial charge in [-0.15, -0.1) is 0 Å². The van der Waals surface area contributed by atoms with E-state index in [1.165, 1.54) is 9.13 Å². The Balaban J connectivity index is 2.47. The smallest absolute Gasteiger partial charge is 0.0443 e. The van der Waals surface area contributed by atoms with E-state index in [1.807, 2.05) is 0 Å². The fourth-order valence-corrected chi connectivity index (χ4v) is 1.85. The highest BCUT2D eigenvalue weighted by molar-refractivity contribution is 14.1. The Labute approximate surface area is 105 Å². The molecule has 1 aromatic rings. The molecule has 0 radical (unpaired) electrons. The Morgan fingerprint density at radius 2 is 1.93 bits per heavy atom. The lowest BCUT2D eigenvalue weighted by molar-refractivity contribution is 0.225. The van der Waals surface area contributed by atoms with Crippen molar-refractivity contribution in [3.63, 3.8) is 0 Å². The van der Waals surface area contributed by atoms with Gasteiger partial charge in [-0.25, -0.2) is 0 Å². The summed E-state index contributed by atoms with van der Waals surface area (Å²) in [6, 6.07) is 8.61. The van der Waals surface area contributed by atoms with E-state index in [0.717, 1.165) is 26.1 Å². The zero-order valence-corrected chi connectivity index (χ0v) is 11.3. The molecule has 0 aromatic heterocycles. The minimum atomic E-state index is 0.281. The Morgan fingerprint density at radius 1 is 1.27 bits per heavy atom. The number of rotatable bonds is 6. The summed E-state index contributed by atoms with van der Waals surface area (Å²) < 4.78 is 1.27. The molecule has 1 aromatic carbocycles. The third-order valence-electron chi connectivity index (χ3n) is 2.40. The van der Waals surface area contributed by atoms with E-state index in [1.54, 1.807) is 0 Å². The number of hydrogen-bond acceptors (Lipinski definition) is 2. The summed E-state index contributed by atoms with van der Waals surface area (Å²) in [7, 11) is 0. The molecule has 0 aliphatic carbocycles. The maximum absolute atomic E-state index is 8.79. The van der Waals surface area contributed by atoms with E-state index in [4.69, 9.17) is 5.11 Å². The summed E-state index contributed by atoms with van der Waals surface area (Å²) in [5, 5.41) is 8.79. The topological polar surface area (TPSA) is 23.5 Å². The summed E-state index contributed by atoms with van der Waals surface area (Å²) in [4.78, 5) is 2.35. The first-order valence-corrected chi connectivity index (χ1v) is 6.41. The van der Waals surface area contributed by atoms with Crippen molar-refractivity contribution < 1.29 is 5.11 Å². The van der Waals surface area contributed by atoms with Gasteiger partial charge in [-0.1, -0.05) is 19.1 Å². The zero-order chi connectivity index (χ0) is 11.1. The molecule has 0 amide bonds. The maximum Gasteiger partial charge on any atom is 0.0443 e. The van der Waals surface area contributed by atoms with E-state index >= 15 is 0 Å². The molecule has 0 bridgehead atoms. The van der Waals surface area contributed by atoms with Gasteiger partial charge in [0.15, 0.2) is 0 Å². The van der Waals surface area contributed by atoms with Crippen molar-refractivity contribution in [1.29, 1.82) is 0 Å². The van der Waals surface area contributed by atoms with Crippen LogP contribution in [0.3, 0.4) is 0 Å². The summed E-state index contributed by atoms with van der Waals surface area (Å²) in [6.07, 6.45) is 0.859. The fraction of sp³-hybridized carbons (Fsp3) is 0.500. The predicted molar refractivity (Wildman–Crippen MR) is 71.8 cm³/mol. The van der Waals surface area contributed by atoms with Crippen LogP contribution < -0.4 is 0 Å². The molecular formula is C12H18INO. The Hall–Kier alpha value is -0.130. The van der Waals surface area contributed by atoms with E-state index < -0.39 is 0 Å². The molecule has 2 nitrogen and oxygen atoms in total. The summed E-state index contributed by atoms with van der Waals surface area (Å²) >= 11 is 2.32. The highest BCUT2D eigenvalue weighted by Gasteiger charge is 2.02. The van der Waals surface area contributed by atoms with Crippen LogP contribution in [0.15, 0.2) is 24.3 Å². The van der Waals surface area contributed by atoms with Crippen molar-refractivity contribution in [3.8, 4) is 0 Å². The molecule has 0 spiro atoms. The molecular weight excluding hydrogens is 301 g/mol. The minimum absolute atomic E-state index is 0.281. The maximum atomic E-state index is 8.79. The van der Waals surface area contributed by atoms with Crippen LogP contribution in [0.25, 0.3) is 0 Å². The second-order valence-electron chi connectivity index (χ2n) is 3.57. The van der Waals surface area contributed by atoms with Crippen LogP contribution in [0, 0.1) is 3.57 Å². The molecule has 84 valence electrons. The van der Waals surface area contributed by atoms with Gasteiger partial charge in [0.05, 0.1) is 0 Å². The third kappa shape index (κ3) is 4.95. The van der Waals surface area contributed by atoms with Gasteiger partial charge in [0.25, 0.3) is 0 Å². The van der Waals surface area contributed by atoms with Gasteiger partial charge in [-0.05, 0) is 53.3 Å². The van der Waals surface area contributed by atoms with Crippen LogP contribution in [-0.2, 0) is 6.54 Å². The first-order chi connectivity index (χ1) is 7.26. The largest absolute Gasteiger partial charge is 0.396 e. The second kappa shape index (κ2) is 7.19. The second-order valence-corrected chi connectivity index (χ2v) is 4.82. The number of halogens is 1. The van der Waals surface area contributed by atoms with Crippen LogP contribution in [0.5, 0.6) is 0 Å². The van der Waals surface area contributed by atoms with Gasteiger partial charge in [-0.2, -0.15) is 0 Å². The molecule has 0 saturated heterocycles. The molecule has 1 rings (SSSR count). The van der Waals surface area contributed by atoms with Crippen molar-refractivity contribution >= 4 is 22.6 Å². The van der Waals surface area contributed by atoms with Gasteiger partial charge >= 0.3 is 0 Å². The standard InChI is InChI=1S/C12H18INO/c1-2-14(8-3-9-15)10-11-4-6-12(13)7-5-11/h4-7,15H,2-3,8-10H2,1H3. The summed E-state index contributed by atoms with van der Waals surface area (Å²) in [5.41, 5.74) is 1.34. The van der Waals surface area contributed by atoms with Crippen molar-refractivity contribution in [2.24, 2.45) is 0 Å². The number of aliphatic hydroxyl groups excluding tert-OH is 1. The summed E-state index contributed by atoms with van der Waals surface area (Å²) in [5.74, 6) is 0. The highest BCUT2D eigenvalue weighted by atomic mass is 127. The third-order valence-corrected chi connectivity index (χ3v) is 3.12. The highest BCUT2D eigenvalue weighted by Crippen LogP contribution is 2.09. The molecule has 1 N–H and O–H groups in total. The number of aliphatic hydroxyl groups is 1. The average Bonchev–Trinajstić information content (AvgIpc) is 2.27. The molecule has 0 saturated carbocycles.